The molecule has 2 aromatic heterocycles. The first-order valence-corrected chi connectivity index (χ1v) is 13.8. The molecule has 5 rings (SSSR count). The van der Waals surface area contributed by atoms with E-state index in [4.69, 9.17) is 33.3 Å². The zero-order valence-electron chi connectivity index (χ0n) is 21.3. The highest BCUT2D eigenvalue weighted by molar-refractivity contribution is 9.10. The van der Waals surface area contributed by atoms with Crippen LogP contribution in [0.4, 0.5) is 5.69 Å². The Labute approximate surface area is 241 Å². The molecule has 38 heavy (non-hydrogen) atoms. The number of benzene rings is 2. The van der Waals surface area contributed by atoms with Crippen molar-refractivity contribution in [2.24, 2.45) is 0 Å². The summed E-state index contributed by atoms with van der Waals surface area (Å²) in [5.41, 5.74) is 6.28. The lowest BCUT2D eigenvalue weighted by Crippen LogP contribution is -2.29. The van der Waals surface area contributed by atoms with E-state index in [1.165, 1.54) is 0 Å². The van der Waals surface area contributed by atoms with Gasteiger partial charge in [-0.15, -0.1) is 0 Å². The fraction of sp³-hybridized carbons (Fsp3) is 0.241. The monoisotopic (exact) mass is 610 g/mol. The Bertz CT molecular complexity index is 1460. The first kappa shape index (κ1) is 26.7. The average Bonchev–Trinajstić information content (AvgIpc) is 3.41. The summed E-state index contributed by atoms with van der Waals surface area (Å²) in [6.45, 7) is 5.18. The second kappa shape index (κ2) is 11.5. The summed E-state index contributed by atoms with van der Waals surface area (Å²) in [7, 11) is 1.64. The number of hydrogen-bond acceptors (Lipinski definition) is 4. The maximum atomic E-state index is 6.66. The van der Waals surface area contributed by atoms with Gasteiger partial charge >= 0.3 is 0 Å². The van der Waals surface area contributed by atoms with Crippen molar-refractivity contribution < 1.29 is 9.47 Å². The van der Waals surface area contributed by atoms with Crippen LogP contribution in [-0.4, -0.2) is 35.0 Å². The van der Waals surface area contributed by atoms with Gasteiger partial charge in [-0.3, -0.25) is 4.98 Å². The highest BCUT2D eigenvalue weighted by Crippen LogP contribution is 2.45. The van der Waals surface area contributed by atoms with Crippen molar-refractivity contribution in [2.45, 2.75) is 25.9 Å². The summed E-state index contributed by atoms with van der Waals surface area (Å²) >= 11 is 16.3. The van der Waals surface area contributed by atoms with Gasteiger partial charge in [-0.05, 0) is 96.1 Å². The summed E-state index contributed by atoms with van der Waals surface area (Å²) in [4.78, 5) is 6.81. The minimum atomic E-state index is -0.159. The van der Waals surface area contributed by atoms with Crippen LogP contribution in [0.15, 0.2) is 77.4 Å². The van der Waals surface area contributed by atoms with Crippen LogP contribution in [0.5, 0.6) is 5.75 Å². The van der Waals surface area contributed by atoms with E-state index in [-0.39, 0.29) is 12.1 Å². The molecule has 1 fully saturated rings. The molecule has 0 bridgehead atoms. The smallest absolute Gasteiger partial charge is 0.174 e. The molecule has 4 aromatic rings. The van der Waals surface area contributed by atoms with Crippen molar-refractivity contribution in [2.75, 3.05) is 25.2 Å². The number of ether oxygens (including phenoxy) is 2. The minimum Gasteiger partial charge on any atom is -0.490 e. The molecule has 1 aliphatic heterocycles. The van der Waals surface area contributed by atoms with Crippen molar-refractivity contribution in [1.82, 2.24) is 14.9 Å². The molecule has 1 saturated heterocycles. The first-order chi connectivity index (χ1) is 18.4. The van der Waals surface area contributed by atoms with Crippen LogP contribution >= 0.6 is 39.7 Å². The second-order valence-electron chi connectivity index (χ2n) is 9.07. The van der Waals surface area contributed by atoms with Gasteiger partial charge in [0.1, 0.15) is 12.4 Å². The first-order valence-electron chi connectivity index (χ1n) is 12.3. The molecule has 2 aromatic carbocycles. The molecule has 196 valence electrons. The van der Waals surface area contributed by atoms with Crippen LogP contribution in [0.2, 0.25) is 5.02 Å². The number of hydrogen-bond donors (Lipinski definition) is 1. The van der Waals surface area contributed by atoms with Crippen LogP contribution in [0.3, 0.4) is 0 Å². The van der Waals surface area contributed by atoms with Gasteiger partial charge in [-0.1, -0.05) is 29.8 Å². The molecule has 0 radical (unpaired) electrons. The van der Waals surface area contributed by atoms with Crippen LogP contribution in [0.25, 0.3) is 5.69 Å². The SMILES string of the molecule is COCCOc1ccc(N2C(=S)N[C@H](c3ccccn3)[C@@H]2c2cc(C)n(-c3ccccc3Br)c2C)cc1Cl. The molecule has 2 atom stereocenters. The lowest BCUT2D eigenvalue weighted by Gasteiger charge is -2.28. The Kier molecular flexibility index (Phi) is 8.04. The summed E-state index contributed by atoms with van der Waals surface area (Å²) in [5.74, 6) is 0.607. The van der Waals surface area contributed by atoms with E-state index in [0.717, 1.165) is 38.5 Å². The highest BCUT2D eigenvalue weighted by Gasteiger charge is 2.42. The second-order valence-corrected chi connectivity index (χ2v) is 10.7. The molecule has 3 heterocycles. The number of aromatic nitrogens is 2. The number of anilines is 1. The third-order valence-corrected chi connectivity index (χ3v) is 8.00. The van der Waals surface area contributed by atoms with Crippen LogP contribution in [0, 0.1) is 13.8 Å². The standard InChI is InChI=1S/C29H28BrClN4O2S/c1-18-16-21(19(2)34(18)25-10-5-4-8-22(25)30)28-27(24-9-6-7-13-32-24)33-29(38)35(28)20-11-12-26(23(31)17-20)37-15-14-36-3/h4-13,16-17,27-28H,14-15H2,1-3H3,(H,33,38)/t27-,28+/m1/s1. The van der Waals surface area contributed by atoms with E-state index in [1.807, 2.05) is 54.7 Å². The molecular weight excluding hydrogens is 584 g/mol. The van der Waals surface area contributed by atoms with Crippen molar-refractivity contribution >= 4 is 50.5 Å². The lowest BCUT2D eigenvalue weighted by atomic mass is 9.96. The van der Waals surface area contributed by atoms with Gasteiger partial charge in [0.05, 0.1) is 35.1 Å². The molecule has 0 spiro atoms. The zero-order valence-corrected chi connectivity index (χ0v) is 24.5. The predicted octanol–water partition coefficient (Wildman–Crippen LogP) is 7.11. The molecule has 0 amide bonds. The molecular formula is C29H28BrClN4O2S. The number of nitrogens with one attached hydrogen (secondary N) is 1. The molecule has 1 N–H and O–H groups in total. The van der Waals surface area contributed by atoms with Crippen LogP contribution in [0.1, 0.15) is 34.7 Å². The van der Waals surface area contributed by atoms with Gasteiger partial charge in [0.25, 0.3) is 0 Å². The topological polar surface area (TPSA) is 51.6 Å². The van der Waals surface area contributed by atoms with Crippen LogP contribution < -0.4 is 15.0 Å². The Balaban J connectivity index is 1.61. The average molecular weight is 612 g/mol. The van der Waals surface area contributed by atoms with Crippen molar-refractivity contribution in [3.63, 3.8) is 0 Å². The number of methoxy groups -OCH3 is 1. The summed E-state index contributed by atoms with van der Waals surface area (Å²) in [6.07, 6.45) is 1.81. The Morgan fingerprint density at radius 2 is 1.84 bits per heavy atom. The van der Waals surface area contributed by atoms with E-state index >= 15 is 0 Å². The van der Waals surface area contributed by atoms with Gasteiger partial charge < -0.3 is 24.3 Å². The number of para-hydroxylation sites is 1. The fourth-order valence-electron chi connectivity index (χ4n) is 5.03. The number of aryl methyl sites for hydroxylation is 1. The summed E-state index contributed by atoms with van der Waals surface area (Å²) in [5, 5.41) is 4.66. The molecule has 0 saturated carbocycles. The minimum absolute atomic E-state index is 0.156. The van der Waals surface area contributed by atoms with Gasteiger partial charge in [0.15, 0.2) is 5.11 Å². The van der Waals surface area contributed by atoms with E-state index in [0.29, 0.717) is 29.1 Å². The van der Waals surface area contributed by atoms with E-state index in [1.54, 1.807) is 7.11 Å². The Morgan fingerprint density at radius 1 is 1.05 bits per heavy atom. The van der Waals surface area contributed by atoms with E-state index in [2.05, 4.69) is 67.7 Å². The van der Waals surface area contributed by atoms with E-state index in [9.17, 15) is 0 Å². The van der Waals surface area contributed by atoms with Gasteiger partial charge in [0.2, 0.25) is 0 Å². The van der Waals surface area contributed by atoms with Gasteiger partial charge in [0, 0.05) is 34.9 Å². The fourth-order valence-corrected chi connectivity index (χ4v) is 6.07. The third kappa shape index (κ3) is 5.06. The molecule has 9 heteroatoms. The summed E-state index contributed by atoms with van der Waals surface area (Å²) < 4.78 is 14.2. The number of nitrogens with zero attached hydrogens (tertiary/aromatic N) is 3. The Hall–Kier alpha value is -2.91. The largest absolute Gasteiger partial charge is 0.490 e. The number of pyridine rings is 1. The number of rotatable bonds is 8. The molecule has 1 aliphatic rings. The maximum absolute atomic E-state index is 6.66. The highest BCUT2D eigenvalue weighted by atomic mass is 79.9. The predicted molar refractivity (Wildman–Crippen MR) is 160 cm³/mol. The Morgan fingerprint density at radius 3 is 2.55 bits per heavy atom. The maximum Gasteiger partial charge on any atom is 0.174 e. The number of halogens is 2. The number of thiocarbonyl (C=S) groups is 1. The van der Waals surface area contributed by atoms with Crippen molar-refractivity contribution in [3.8, 4) is 11.4 Å². The third-order valence-electron chi connectivity index (χ3n) is 6.72. The van der Waals surface area contributed by atoms with Crippen molar-refractivity contribution in [3.05, 3.63) is 105 Å². The van der Waals surface area contributed by atoms with E-state index < -0.39 is 0 Å². The zero-order chi connectivity index (χ0) is 26.8. The quantitative estimate of drug-likeness (QED) is 0.169. The normalized spacial score (nSPS) is 17.1. The van der Waals surface area contributed by atoms with Gasteiger partial charge in [-0.2, -0.15) is 0 Å². The van der Waals surface area contributed by atoms with Crippen molar-refractivity contribution in [1.29, 1.82) is 0 Å². The van der Waals surface area contributed by atoms with Gasteiger partial charge in [-0.25, -0.2) is 0 Å². The molecule has 6 nitrogen and oxygen atoms in total. The molecule has 0 aliphatic carbocycles. The summed E-state index contributed by atoms with van der Waals surface area (Å²) in [6, 6.07) is 21.9. The lowest BCUT2D eigenvalue weighted by molar-refractivity contribution is 0.146. The molecule has 0 unspecified atom stereocenters. The van der Waals surface area contributed by atoms with Crippen LogP contribution in [-0.2, 0) is 4.74 Å².